The molecule has 0 aromatic carbocycles. The molecule has 3 nitrogen and oxygen atoms in total. The number of halogens is 1. The summed E-state index contributed by atoms with van der Waals surface area (Å²) in [6, 6.07) is 0. The first-order valence-electron chi connectivity index (χ1n) is 6.74. The van der Waals surface area contributed by atoms with E-state index in [-0.39, 0.29) is 6.10 Å². The van der Waals surface area contributed by atoms with Crippen molar-refractivity contribution in [2.24, 2.45) is 0 Å². The van der Waals surface area contributed by atoms with E-state index in [0.29, 0.717) is 10.6 Å². The smallest absolute Gasteiger partial charge is 0.144 e. The van der Waals surface area contributed by atoms with Crippen LogP contribution in [0.5, 0.6) is 0 Å². The molecule has 1 saturated carbocycles. The van der Waals surface area contributed by atoms with Crippen molar-refractivity contribution in [1.29, 1.82) is 0 Å². The van der Waals surface area contributed by atoms with Crippen LogP contribution in [-0.4, -0.2) is 28.1 Å². The Morgan fingerprint density at radius 2 is 2.16 bits per heavy atom. The second kappa shape index (κ2) is 6.24. The standard InChI is InChI=1S/C13H17BrN2OS2/c14-10-11(8-3-1-2-4-8)15-12(16-13(10)18)9-7-19-6-5-17-9/h8-9H,1-7H2,(H,15,16,18). The van der Waals surface area contributed by atoms with Crippen molar-refractivity contribution in [2.75, 3.05) is 18.1 Å². The normalized spacial score (nSPS) is 24.8. The van der Waals surface area contributed by atoms with Gasteiger partial charge >= 0.3 is 0 Å². The number of ether oxygens (including phenoxy) is 1. The zero-order valence-electron chi connectivity index (χ0n) is 10.7. The van der Waals surface area contributed by atoms with Crippen LogP contribution in [0.15, 0.2) is 4.47 Å². The fraction of sp³-hybridized carbons (Fsp3) is 0.692. The molecule has 1 N–H and O–H groups in total. The number of H-pyrrole nitrogens is 1. The maximum Gasteiger partial charge on any atom is 0.144 e. The Labute approximate surface area is 131 Å². The van der Waals surface area contributed by atoms with E-state index in [9.17, 15) is 0 Å². The molecule has 1 unspecified atom stereocenters. The summed E-state index contributed by atoms with van der Waals surface area (Å²) in [5.74, 6) is 3.53. The van der Waals surface area contributed by atoms with E-state index in [1.54, 1.807) is 0 Å². The zero-order valence-corrected chi connectivity index (χ0v) is 13.9. The second-order valence-electron chi connectivity index (χ2n) is 5.07. The molecule has 2 heterocycles. The molecule has 2 aliphatic rings. The van der Waals surface area contributed by atoms with Crippen molar-refractivity contribution in [3.05, 3.63) is 20.6 Å². The fourth-order valence-electron chi connectivity index (χ4n) is 2.79. The lowest BCUT2D eigenvalue weighted by Gasteiger charge is -2.23. The highest BCUT2D eigenvalue weighted by atomic mass is 79.9. The molecular weight excluding hydrogens is 344 g/mol. The highest BCUT2D eigenvalue weighted by Crippen LogP contribution is 2.37. The van der Waals surface area contributed by atoms with Crippen LogP contribution < -0.4 is 0 Å². The van der Waals surface area contributed by atoms with Gasteiger partial charge in [-0.25, -0.2) is 4.98 Å². The molecule has 0 bridgehead atoms. The van der Waals surface area contributed by atoms with Gasteiger partial charge in [0, 0.05) is 23.1 Å². The first-order valence-corrected chi connectivity index (χ1v) is 9.10. The van der Waals surface area contributed by atoms with Crippen LogP contribution in [0.2, 0.25) is 0 Å². The van der Waals surface area contributed by atoms with E-state index in [1.165, 1.54) is 31.4 Å². The van der Waals surface area contributed by atoms with Crippen LogP contribution in [0.25, 0.3) is 0 Å². The van der Waals surface area contributed by atoms with Gasteiger partial charge in [-0.2, -0.15) is 11.8 Å². The minimum atomic E-state index is 0.0636. The summed E-state index contributed by atoms with van der Waals surface area (Å²) in [5.41, 5.74) is 1.23. The zero-order chi connectivity index (χ0) is 13.2. The van der Waals surface area contributed by atoms with E-state index in [4.69, 9.17) is 17.0 Å². The van der Waals surface area contributed by atoms with Gasteiger partial charge in [0.1, 0.15) is 16.6 Å². The first-order chi connectivity index (χ1) is 9.25. The molecule has 1 atom stereocenters. The molecule has 1 saturated heterocycles. The van der Waals surface area contributed by atoms with Crippen molar-refractivity contribution in [2.45, 2.75) is 37.7 Å². The third kappa shape index (κ3) is 3.06. The highest BCUT2D eigenvalue weighted by molar-refractivity contribution is 9.10. The van der Waals surface area contributed by atoms with Gasteiger partial charge in [0.2, 0.25) is 0 Å². The van der Waals surface area contributed by atoms with Crippen LogP contribution in [0.3, 0.4) is 0 Å². The quantitative estimate of drug-likeness (QED) is 0.794. The van der Waals surface area contributed by atoms with Crippen LogP contribution in [0, 0.1) is 4.64 Å². The van der Waals surface area contributed by atoms with Crippen molar-refractivity contribution >= 4 is 39.9 Å². The second-order valence-corrected chi connectivity index (χ2v) is 7.40. The fourth-order valence-corrected chi connectivity index (χ4v) is 4.36. The van der Waals surface area contributed by atoms with Crippen LogP contribution in [-0.2, 0) is 4.74 Å². The van der Waals surface area contributed by atoms with Crippen LogP contribution in [0.4, 0.5) is 0 Å². The number of aromatic amines is 1. The molecule has 6 heteroatoms. The van der Waals surface area contributed by atoms with E-state index in [0.717, 1.165) is 28.4 Å². The SMILES string of the molecule is S=c1nc(C2CSCCO2)[nH]c(C2CCCC2)c1Br. The van der Waals surface area contributed by atoms with Crippen molar-refractivity contribution in [1.82, 2.24) is 9.97 Å². The number of nitrogens with zero attached hydrogens (tertiary/aromatic N) is 1. The highest BCUT2D eigenvalue weighted by Gasteiger charge is 2.24. The van der Waals surface area contributed by atoms with E-state index < -0.39 is 0 Å². The van der Waals surface area contributed by atoms with Crippen LogP contribution >= 0.6 is 39.9 Å². The lowest BCUT2D eigenvalue weighted by molar-refractivity contribution is 0.0691. The topological polar surface area (TPSA) is 37.9 Å². The Morgan fingerprint density at radius 3 is 2.84 bits per heavy atom. The van der Waals surface area contributed by atoms with Gasteiger partial charge in [0.25, 0.3) is 0 Å². The minimum absolute atomic E-state index is 0.0636. The van der Waals surface area contributed by atoms with Gasteiger partial charge in [0.15, 0.2) is 0 Å². The molecule has 1 aromatic rings. The predicted molar refractivity (Wildman–Crippen MR) is 84.3 cm³/mol. The van der Waals surface area contributed by atoms with Gasteiger partial charge in [-0.1, -0.05) is 25.1 Å². The Balaban J connectivity index is 1.94. The van der Waals surface area contributed by atoms with E-state index >= 15 is 0 Å². The first kappa shape index (κ1) is 14.0. The Kier molecular flexibility index (Phi) is 4.62. The molecule has 1 aliphatic carbocycles. The van der Waals surface area contributed by atoms with E-state index in [2.05, 4.69) is 25.9 Å². The third-order valence-corrected chi connectivity index (χ3v) is 6.15. The number of hydrogen-bond acceptors (Lipinski definition) is 4. The Bertz CT molecular complexity index is 508. The molecule has 104 valence electrons. The van der Waals surface area contributed by atoms with Crippen molar-refractivity contribution in [3.63, 3.8) is 0 Å². The summed E-state index contributed by atoms with van der Waals surface area (Å²) < 4.78 is 7.44. The van der Waals surface area contributed by atoms with Gasteiger partial charge in [-0.05, 0) is 28.8 Å². The molecule has 1 aliphatic heterocycles. The molecule has 3 rings (SSSR count). The molecule has 0 radical (unpaired) electrons. The summed E-state index contributed by atoms with van der Waals surface area (Å²) in [7, 11) is 0. The number of nitrogens with one attached hydrogen (secondary N) is 1. The summed E-state index contributed by atoms with van der Waals surface area (Å²) in [6.07, 6.45) is 5.17. The number of thioether (sulfide) groups is 1. The molecule has 1 aromatic heterocycles. The molecule has 19 heavy (non-hydrogen) atoms. The molecule has 0 spiro atoms. The summed E-state index contributed by atoms with van der Waals surface area (Å²) in [4.78, 5) is 8.00. The van der Waals surface area contributed by atoms with Gasteiger partial charge in [-0.15, -0.1) is 0 Å². The van der Waals surface area contributed by atoms with Crippen molar-refractivity contribution in [3.8, 4) is 0 Å². The van der Waals surface area contributed by atoms with Crippen molar-refractivity contribution < 1.29 is 4.74 Å². The average molecular weight is 361 g/mol. The number of rotatable bonds is 2. The maximum absolute atomic E-state index is 5.80. The molecule has 2 fully saturated rings. The lowest BCUT2D eigenvalue weighted by atomic mass is 10.0. The average Bonchev–Trinajstić information content (AvgIpc) is 2.96. The molecule has 0 amide bonds. The predicted octanol–water partition coefficient (Wildman–Crippen LogP) is 4.36. The van der Waals surface area contributed by atoms with Gasteiger partial charge in [0.05, 0.1) is 11.1 Å². The maximum atomic E-state index is 5.80. The third-order valence-electron chi connectivity index (χ3n) is 3.79. The summed E-state index contributed by atoms with van der Waals surface area (Å²) in [6.45, 7) is 0.798. The molecular formula is C13H17BrN2OS2. The largest absolute Gasteiger partial charge is 0.369 e. The summed E-state index contributed by atoms with van der Waals surface area (Å²) >= 11 is 10.9. The number of hydrogen-bond donors (Lipinski definition) is 1. The summed E-state index contributed by atoms with van der Waals surface area (Å²) in [5, 5.41) is 0. The monoisotopic (exact) mass is 360 g/mol. The van der Waals surface area contributed by atoms with Crippen LogP contribution in [0.1, 0.15) is 49.2 Å². The Hall–Kier alpha value is 0.0900. The number of aromatic nitrogens is 2. The van der Waals surface area contributed by atoms with Gasteiger partial charge in [-0.3, -0.25) is 0 Å². The minimum Gasteiger partial charge on any atom is -0.369 e. The van der Waals surface area contributed by atoms with E-state index in [1.807, 2.05) is 11.8 Å². The lowest BCUT2D eigenvalue weighted by Crippen LogP contribution is -2.19. The van der Waals surface area contributed by atoms with Gasteiger partial charge < -0.3 is 9.72 Å². The Morgan fingerprint density at radius 1 is 1.37 bits per heavy atom.